The minimum atomic E-state index is -0.713. The summed E-state index contributed by atoms with van der Waals surface area (Å²) in [6, 6.07) is 7.68. The van der Waals surface area contributed by atoms with Gasteiger partial charge in [0.25, 0.3) is 0 Å². The van der Waals surface area contributed by atoms with E-state index in [0.717, 1.165) is 63.1 Å². The van der Waals surface area contributed by atoms with E-state index in [-0.39, 0.29) is 6.10 Å². The number of carbonyl (C=O) groups is 1. The number of hydrogen-bond acceptors (Lipinski definition) is 3. The second kappa shape index (κ2) is 6.06. The molecule has 2 fully saturated rings. The van der Waals surface area contributed by atoms with Gasteiger partial charge in [0.2, 0.25) is 0 Å². The van der Waals surface area contributed by atoms with E-state index in [1.165, 1.54) is 0 Å². The van der Waals surface area contributed by atoms with E-state index in [2.05, 4.69) is 0 Å². The minimum absolute atomic E-state index is 0.179. The zero-order valence-corrected chi connectivity index (χ0v) is 12.2. The summed E-state index contributed by atoms with van der Waals surface area (Å²) in [6.07, 6.45) is 5.39. The van der Waals surface area contributed by atoms with Crippen molar-refractivity contribution in [1.82, 2.24) is 0 Å². The molecule has 0 unspecified atom stereocenters. The summed E-state index contributed by atoms with van der Waals surface area (Å²) >= 11 is 0. The first-order chi connectivity index (χ1) is 10.2. The van der Waals surface area contributed by atoms with E-state index in [1.807, 2.05) is 24.3 Å². The van der Waals surface area contributed by atoms with Crippen LogP contribution < -0.4 is 4.74 Å². The SMILES string of the molecule is O=C(O)C1(c2cccc(OC3CCOCC3)c2)CCCC1. The highest BCUT2D eigenvalue weighted by Crippen LogP contribution is 2.42. The van der Waals surface area contributed by atoms with Crippen molar-refractivity contribution in [1.29, 1.82) is 0 Å². The zero-order chi connectivity index (χ0) is 14.7. The molecule has 0 spiro atoms. The molecule has 0 atom stereocenters. The molecule has 1 aromatic rings. The first-order valence-electron chi connectivity index (χ1n) is 7.79. The fraction of sp³-hybridized carbons (Fsp3) is 0.588. The van der Waals surface area contributed by atoms with Crippen molar-refractivity contribution < 1.29 is 19.4 Å². The van der Waals surface area contributed by atoms with Crippen LogP contribution in [-0.2, 0) is 14.9 Å². The molecule has 1 N–H and O–H groups in total. The molecule has 4 heteroatoms. The van der Waals surface area contributed by atoms with E-state index in [1.54, 1.807) is 0 Å². The zero-order valence-electron chi connectivity index (χ0n) is 12.2. The van der Waals surface area contributed by atoms with Crippen LogP contribution in [0.5, 0.6) is 5.75 Å². The molecule has 1 aliphatic carbocycles. The monoisotopic (exact) mass is 290 g/mol. The Morgan fingerprint density at radius 2 is 1.95 bits per heavy atom. The van der Waals surface area contributed by atoms with Crippen LogP contribution >= 0.6 is 0 Å². The van der Waals surface area contributed by atoms with E-state index >= 15 is 0 Å². The highest BCUT2D eigenvalue weighted by molar-refractivity contribution is 5.82. The quantitative estimate of drug-likeness (QED) is 0.925. The lowest BCUT2D eigenvalue weighted by Gasteiger charge is -2.27. The van der Waals surface area contributed by atoms with Crippen LogP contribution in [0.2, 0.25) is 0 Å². The Labute approximate surface area is 125 Å². The number of carboxylic acid groups (broad SMARTS) is 1. The van der Waals surface area contributed by atoms with Crippen molar-refractivity contribution in [2.24, 2.45) is 0 Å². The normalized spacial score (nSPS) is 22.1. The molecular formula is C17H22O4. The van der Waals surface area contributed by atoms with E-state index in [4.69, 9.17) is 9.47 Å². The maximum absolute atomic E-state index is 11.8. The largest absolute Gasteiger partial charge is 0.490 e. The summed E-state index contributed by atoms with van der Waals surface area (Å²) in [5, 5.41) is 9.67. The molecule has 3 rings (SSSR count). The second-order valence-electron chi connectivity index (χ2n) is 6.05. The van der Waals surface area contributed by atoms with Crippen LogP contribution in [0.3, 0.4) is 0 Å². The Morgan fingerprint density at radius 3 is 2.62 bits per heavy atom. The van der Waals surface area contributed by atoms with Gasteiger partial charge in [-0.15, -0.1) is 0 Å². The van der Waals surface area contributed by atoms with Crippen LogP contribution in [0.4, 0.5) is 0 Å². The van der Waals surface area contributed by atoms with E-state index < -0.39 is 11.4 Å². The van der Waals surface area contributed by atoms with Gasteiger partial charge in [0.05, 0.1) is 18.6 Å². The molecule has 114 valence electrons. The molecule has 1 heterocycles. The van der Waals surface area contributed by atoms with Gasteiger partial charge in [0.1, 0.15) is 11.9 Å². The van der Waals surface area contributed by atoms with Gasteiger partial charge >= 0.3 is 5.97 Å². The van der Waals surface area contributed by atoms with Gasteiger partial charge in [-0.25, -0.2) is 0 Å². The molecule has 0 amide bonds. The first kappa shape index (κ1) is 14.4. The van der Waals surface area contributed by atoms with Gasteiger partial charge in [-0.2, -0.15) is 0 Å². The molecule has 1 aliphatic heterocycles. The smallest absolute Gasteiger partial charge is 0.314 e. The molecule has 1 saturated carbocycles. The van der Waals surface area contributed by atoms with Crippen molar-refractivity contribution in [3.05, 3.63) is 29.8 Å². The Morgan fingerprint density at radius 1 is 1.24 bits per heavy atom. The Balaban J connectivity index is 1.80. The number of rotatable bonds is 4. The Kier molecular flexibility index (Phi) is 4.15. The van der Waals surface area contributed by atoms with Crippen LogP contribution in [0.25, 0.3) is 0 Å². The average molecular weight is 290 g/mol. The Hall–Kier alpha value is -1.55. The van der Waals surface area contributed by atoms with Crippen LogP contribution in [-0.4, -0.2) is 30.4 Å². The molecule has 4 nitrogen and oxygen atoms in total. The molecule has 0 aromatic heterocycles. The Bertz CT molecular complexity index is 499. The maximum atomic E-state index is 11.8. The van der Waals surface area contributed by atoms with Gasteiger partial charge in [-0.3, -0.25) is 4.79 Å². The van der Waals surface area contributed by atoms with Gasteiger partial charge in [-0.1, -0.05) is 25.0 Å². The highest BCUT2D eigenvalue weighted by Gasteiger charge is 2.43. The molecule has 1 saturated heterocycles. The lowest BCUT2D eigenvalue weighted by molar-refractivity contribution is -0.143. The maximum Gasteiger partial charge on any atom is 0.314 e. The molecule has 0 radical (unpaired) electrons. The summed E-state index contributed by atoms with van der Waals surface area (Å²) in [6.45, 7) is 1.48. The lowest BCUT2D eigenvalue weighted by atomic mass is 9.79. The number of carboxylic acids is 1. The number of hydrogen-bond donors (Lipinski definition) is 1. The molecule has 0 bridgehead atoms. The van der Waals surface area contributed by atoms with Gasteiger partial charge in [-0.05, 0) is 30.5 Å². The predicted molar refractivity (Wildman–Crippen MR) is 78.7 cm³/mol. The predicted octanol–water partition coefficient (Wildman–Crippen LogP) is 3.14. The third-order valence-corrected chi connectivity index (χ3v) is 4.72. The summed E-state index contributed by atoms with van der Waals surface area (Å²) in [5.41, 5.74) is 0.173. The third kappa shape index (κ3) is 2.91. The summed E-state index contributed by atoms with van der Waals surface area (Å²) in [5.74, 6) is 0.0788. The molecule has 2 aliphatic rings. The van der Waals surface area contributed by atoms with Crippen molar-refractivity contribution >= 4 is 5.97 Å². The molecular weight excluding hydrogens is 268 g/mol. The van der Waals surface area contributed by atoms with Gasteiger partial charge in [0.15, 0.2) is 0 Å². The van der Waals surface area contributed by atoms with Crippen LogP contribution in [0, 0.1) is 0 Å². The highest BCUT2D eigenvalue weighted by atomic mass is 16.5. The topological polar surface area (TPSA) is 55.8 Å². The van der Waals surface area contributed by atoms with Gasteiger partial charge < -0.3 is 14.6 Å². The summed E-state index contributed by atoms with van der Waals surface area (Å²) in [7, 11) is 0. The number of ether oxygens (including phenoxy) is 2. The standard InChI is InChI=1S/C17H22O4/c18-16(19)17(8-1-2-9-17)13-4-3-5-15(12-13)21-14-6-10-20-11-7-14/h3-5,12,14H,1-2,6-11H2,(H,18,19). The van der Waals surface area contributed by atoms with Crippen molar-refractivity contribution in [3.63, 3.8) is 0 Å². The number of aliphatic carboxylic acids is 1. The van der Waals surface area contributed by atoms with E-state index in [9.17, 15) is 9.90 Å². The summed E-state index contributed by atoms with van der Waals surface area (Å²) in [4.78, 5) is 11.8. The van der Waals surface area contributed by atoms with Crippen molar-refractivity contribution in [2.75, 3.05) is 13.2 Å². The lowest BCUT2D eigenvalue weighted by Crippen LogP contribution is -2.32. The van der Waals surface area contributed by atoms with E-state index in [0.29, 0.717) is 0 Å². The van der Waals surface area contributed by atoms with Gasteiger partial charge in [0, 0.05) is 12.8 Å². The molecule has 21 heavy (non-hydrogen) atoms. The molecule has 1 aromatic carbocycles. The fourth-order valence-electron chi connectivity index (χ4n) is 3.46. The second-order valence-corrected chi connectivity index (χ2v) is 6.05. The van der Waals surface area contributed by atoms with Crippen LogP contribution in [0.15, 0.2) is 24.3 Å². The third-order valence-electron chi connectivity index (χ3n) is 4.72. The average Bonchev–Trinajstić information content (AvgIpc) is 2.99. The number of benzene rings is 1. The van der Waals surface area contributed by atoms with Crippen molar-refractivity contribution in [3.8, 4) is 5.75 Å². The van der Waals surface area contributed by atoms with Crippen LogP contribution in [0.1, 0.15) is 44.1 Å². The minimum Gasteiger partial charge on any atom is -0.490 e. The summed E-state index contributed by atoms with van der Waals surface area (Å²) < 4.78 is 11.3. The fourth-order valence-corrected chi connectivity index (χ4v) is 3.46. The van der Waals surface area contributed by atoms with Crippen molar-refractivity contribution in [2.45, 2.75) is 50.0 Å². The first-order valence-corrected chi connectivity index (χ1v) is 7.79.